The Morgan fingerprint density at radius 1 is 1.29 bits per heavy atom. The van der Waals surface area contributed by atoms with Crippen molar-refractivity contribution in [3.63, 3.8) is 0 Å². The molecule has 5 nitrogen and oxygen atoms in total. The van der Waals surface area contributed by atoms with Crippen LogP contribution in [0.5, 0.6) is 0 Å². The van der Waals surface area contributed by atoms with Crippen LogP contribution in [0.1, 0.15) is 49.0 Å². The number of hydrogen-bond donors (Lipinski definition) is 2. The van der Waals surface area contributed by atoms with Crippen LogP contribution in [-0.2, 0) is 4.79 Å². The second-order valence-corrected chi connectivity index (χ2v) is 5.68. The minimum Gasteiger partial charge on any atom is -0.481 e. The van der Waals surface area contributed by atoms with E-state index in [1.165, 1.54) is 12.1 Å². The van der Waals surface area contributed by atoms with E-state index in [0.717, 1.165) is 38.3 Å². The van der Waals surface area contributed by atoms with Gasteiger partial charge in [0.2, 0.25) is 0 Å². The summed E-state index contributed by atoms with van der Waals surface area (Å²) in [5.41, 5.74) is -0.238. The SMILES string of the molecule is O=C(O)CC1(CNC(=O)c2ccc(F)cn2)CCCCC1. The van der Waals surface area contributed by atoms with Gasteiger partial charge in [-0.1, -0.05) is 19.3 Å². The fourth-order valence-corrected chi connectivity index (χ4v) is 2.91. The van der Waals surface area contributed by atoms with E-state index in [1.807, 2.05) is 0 Å². The van der Waals surface area contributed by atoms with E-state index in [1.54, 1.807) is 0 Å². The summed E-state index contributed by atoms with van der Waals surface area (Å²) in [5.74, 6) is -1.74. The molecule has 1 saturated carbocycles. The highest BCUT2D eigenvalue weighted by molar-refractivity contribution is 5.92. The van der Waals surface area contributed by atoms with Gasteiger partial charge in [0.15, 0.2) is 0 Å². The summed E-state index contributed by atoms with van der Waals surface area (Å²) in [6.07, 6.45) is 5.73. The summed E-state index contributed by atoms with van der Waals surface area (Å²) in [6, 6.07) is 2.49. The zero-order valence-electron chi connectivity index (χ0n) is 11.8. The second kappa shape index (κ2) is 6.65. The third-order valence-corrected chi connectivity index (χ3v) is 4.02. The summed E-state index contributed by atoms with van der Waals surface area (Å²) in [4.78, 5) is 26.8. The average molecular weight is 294 g/mol. The molecule has 1 aromatic heterocycles. The van der Waals surface area contributed by atoms with Gasteiger partial charge in [-0.25, -0.2) is 9.37 Å². The van der Waals surface area contributed by atoms with E-state index in [4.69, 9.17) is 5.11 Å². The van der Waals surface area contributed by atoms with Gasteiger partial charge in [0.05, 0.1) is 12.6 Å². The summed E-state index contributed by atoms with van der Waals surface area (Å²) in [7, 11) is 0. The number of nitrogens with one attached hydrogen (secondary N) is 1. The highest BCUT2D eigenvalue weighted by atomic mass is 19.1. The quantitative estimate of drug-likeness (QED) is 0.874. The van der Waals surface area contributed by atoms with E-state index in [0.29, 0.717) is 6.54 Å². The maximum Gasteiger partial charge on any atom is 0.303 e. The molecule has 0 unspecified atom stereocenters. The highest BCUT2D eigenvalue weighted by Crippen LogP contribution is 2.38. The van der Waals surface area contributed by atoms with Gasteiger partial charge < -0.3 is 10.4 Å². The standard InChI is InChI=1S/C15H19FN2O3/c16-11-4-5-12(17-9-11)14(21)18-10-15(8-13(19)20)6-2-1-3-7-15/h4-5,9H,1-3,6-8,10H2,(H,18,21)(H,19,20). The summed E-state index contributed by atoms with van der Waals surface area (Å²) in [5, 5.41) is 11.8. The van der Waals surface area contributed by atoms with Crippen LogP contribution in [0.4, 0.5) is 4.39 Å². The smallest absolute Gasteiger partial charge is 0.303 e. The number of carboxylic acids is 1. The first-order valence-corrected chi connectivity index (χ1v) is 7.12. The molecule has 0 bridgehead atoms. The molecule has 2 N–H and O–H groups in total. The Balaban J connectivity index is 1.99. The average Bonchev–Trinajstić information content (AvgIpc) is 2.46. The van der Waals surface area contributed by atoms with Crippen LogP contribution in [-0.4, -0.2) is 28.5 Å². The molecule has 1 fully saturated rings. The van der Waals surface area contributed by atoms with Crippen molar-refractivity contribution < 1.29 is 19.1 Å². The molecule has 1 amide bonds. The topological polar surface area (TPSA) is 79.3 Å². The van der Waals surface area contributed by atoms with E-state index in [2.05, 4.69) is 10.3 Å². The van der Waals surface area contributed by atoms with Crippen molar-refractivity contribution in [2.75, 3.05) is 6.54 Å². The van der Waals surface area contributed by atoms with Crippen molar-refractivity contribution in [3.05, 3.63) is 29.8 Å². The lowest BCUT2D eigenvalue weighted by Gasteiger charge is -2.36. The lowest BCUT2D eigenvalue weighted by molar-refractivity contribution is -0.140. The first-order valence-electron chi connectivity index (χ1n) is 7.12. The molecule has 2 rings (SSSR count). The largest absolute Gasteiger partial charge is 0.481 e. The molecule has 1 aliphatic rings. The number of nitrogens with zero attached hydrogens (tertiary/aromatic N) is 1. The molecule has 0 saturated heterocycles. The number of rotatable bonds is 5. The molecule has 0 atom stereocenters. The second-order valence-electron chi connectivity index (χ2n) is 5.68. The zero-order chi connectivity index (χ0) is 15.3. The molecule has 6 heteroatoms. The van der Waals surface area contributed by atoms with Crippen molar-refractivity contribution in [3.8, 4) is 0 Å². The van der Waals surface area contributed by atoms with Crippen LogP contribution in [0, 0.1) is 11.2 Å². The molecule has 0 aromatic carbocycles. The van der Waals surface area contributed by atoms with Crippen molar-refractivity contribution in [1.29, 1.82) is 0 Å². The maximum absolute atomic E-state index is 12.8. The van der Waals surface area contributed by atoms with E-state index in [-0.39, 0.29) is 17.5 Å². The Bertz CT molecular complexity index is 510. The lowest BCUT2D eigenvalue weighted by Crippen LogP contribution is -2.40. The van der Waals surface area contributed by atoms with Gasteiger partial charge in [0, 0.05) is 6.54 Å². The van der Waals surface area contributed by atoms with E-state index >= 15 is 0 Å². The molecule has 0 spiro atoms. The molecule has 0 radical (unpaired) electrons. The fourth-order valence-electron chi connectivity index (χ4n) is 2.91. The van der Waals surface area contributed by atoms with Crippen LogP contribution < -0.4 is 5.32 Å². The number of halogens is 1. The number of carboxylic acid groups (broad SMARTS) is 1. The molecule has 1 heterocycles. The van der Waals surface area contributed by atoms with Gasteiger partial charge in [0.25, 0.3) is 5.91 Å². The molecule has 0 aliphatic heterocycles. The number of hydrogen-bond acceptors (Lipinski definition) is 3. The van der Waals surface area contributed by atoms with Crippen molar-refractivity contribution in [2.45, 2.75) is 38.5 Å². The van der Waals surface area contributed by atoms with Gasteiger partial charge >= 0.3 is 5.97 Å². The van der Waals surface area contributed by atoms with Crippen LogP contribution in [0.3, 0.4) is 0 Å². The van der Waals surface area contributed by atoms with Crippen LogP contribution >= 0.6 is 0 Å². The number of aromatic nitrogens is 1. The van der Waals surface area contributed by atoms with Crippen LogP contribution in [0.25, 0.3) is 0 Å². The summed E-state index contributed by atoms with van der Waals surface area (Å²) in [6.45, 7) is 0.317. The third-order valence-electron chi connectivity index (χ3n) is 4.02. The maximum atomic E-state index is 12.8. The Labute approximate surface area is 122 Å². The Hall–Kier alpha value is -1.98. The Morgan fingerprint density at radius 3 is 2.57 bits per heavy atom. The molecule has 1 aromatic rings. The lowest BCUT2D eigenvalue weighted by atomic mass is 9.71. The number of carbonyl (C=O) groups is 2. The van der Waals surface area contributed by atoms with Crippen LogP contribution in [0.15, 0.2) is 18.3 Å². The van der Waals surface area contributed by atoms with Gasteiger partial charge in [0.1, 0.15) is 11.5 Å². The zero-order valence-corrected chi connectivity index (χ0v) is 11.8. The molecular formula is C15H19FN2O3. The van der Waals surface area contributed by atoms with Crippen molar-refractivity contribution >= 4 is 11.9 Å². The van der Waals surface area contributed by atoms with Gasteiger partial charge in [-0.15, -0.1) is 0 Å². The molecular weight excluding hydrogens is 275 g/mol. The van der Waals surface area contributed by atoms with Crippen LogP contribution in [0.2, 0.25) is 0 Å². The first kappa shape index (κ1) is 15.4. The monoisotopic (exact) mass is 294 g/mol. The Morgan fingerprint density at radius 2 is 2.00 bits per heavy atom. The fraction of sp³-hybridized carbons (Fsp3) is 0.533. The Kier molecular flexibility index (Phi) is 4.88. The number of carbonyl (C=O) groups excluding carboxylic acids is 1. The minimum absolute atomic E-state index is 0.0596. The summed E-state index contributed by atoms with van der Waals surface area (Å²) >= 11 is 0. The first-order chi connectivity index (χ1) is 10.0. The van der Waals surface area contributed by atoms with E-state index in [9.17, 15) is 14.0 Å². The van der Waals surface area contributed by atoms with Crippen molar-refractivity contribution in [2.24, 2.45) is 5.41 Å². The number of aliphatic carboxylic acids is 1. The molecule has 114 valence electrons. The third kappa shape index (κ3) is 4.24. The normalized spacial score (nSPS) is 17.2. The van der Waals surface area contributed by atoms with Crippen molar-refractivity contribution in [1.82, 2.24) is 10.3 Å². The van der Waals surface area contributed by atoms with Gasteiger partial charge in [-0.2, -0.15) is 0 Å². The molecule has 1 aliphatic carbocycles. The molecule has 21 heavy (non-hydrogen) atoms. The predicted molar refractivity (Wildman–Crippen MR) is 74.3 cm³/mol. The van der Waals surface area contributed by atoms with Gasteiger partial charge in [-0.05, 0) is 30.4 Å². The number of pyridine rings is 1. The number of amides is 1. The van der Waals surface area contributed by atoms with Gasteiger partial charge in [-0.3, -0.25) is 9.59 Å². The minimum atomic E-state index is -0.842. The van der Waals surface area contributed by atoms with E-state index < -0.39 is 17.7 Å². The highest BCUT2D eigenvalue weighted by Gasteiger charge is 2.34. The predicted octanol–water partition coefficient (Wildman–Crippen LogP) is 2.38. The summed E-state index contributed by atoms with van der Waals surface area (Å²) < 4.78 is 12.8.